The van der Waals surface area contributed by atoms with Crippen molar-refractivity contribution in [2.45, 2.75) is 39.7 Å². The summed E-state index contributed by atoms with van der Waals surface area (Å²) in [6.07, 6.45) is 0.888. The van der Waals surface area contributed by atoms with Crippen molar-refractivity contribution in [2.75, 3.05) is 18.4 Å². The maximum Gasteiger partial charge on any atom is 0.251 e. The fraction of sp³-hybridized carbons (Fsp3) is 0.500. The van der Waals surface area contributed by atoms with Gasteiger partial charge in [0.15, 0.2) is 0 Å². The van der Waals surface area contributed by atoms with Gasteiger partial charge in [0.1, 0.15) is 0 Å². The highest BCUT2D eigenvalue weighted by atomic mass is 16.2. The standard InChI is InChI=1S/C16H25N3O2/c1-5-10-17-14(20)12-8-7-9-13(11-12)19-15(21)16(3,4)18-6-2/h7-9,11,18H,5-6,10H2,1-4H3,(H,17,20)(H,19,21). The molecular formula is C16H25N3O2. The fourth-order valence-electron chi connectivity index (χ4n) is 1.89. The number of carbonyl (C=O) groups excluding carboxylic acids is 2. The van der Waals surface area contributed by atoms with E-state index in [1.807, 2.05) is 27.7 Å². The van der Waals surface area contributed by atoms with E-state index in [2.05, 4.69) is 16.0 Å². The topological polar surface area (TPSA) is 70.2 Å². The van der Waals surface area contributed by atoms with E-state index in [1.54, 1.807) is 24.3 Å². The molecule has 116 valence electrons. The third kappa shape index (κ3) is 5.19. The van der Waals surface area contributed by atoms with Crippen LogP contribution in [0.5, 0.6) is 0 Å². The van der Waals surface area contributed by atoms with Crippen molar-refractivity contribution in [3.8, 4) is 0 Å². The van der Waals surface area contributed by atoms with Crippen LogP contribution in [0.15, 0.2) is 24.3 Å². The second-order valence-corrected chi connectivity index (χ2v) is 5.45. The van der Waals surface area contributed by atoms with Gasteiger partial charge in [-0.1, -0.05) is 19.9 Å². The Morgan fingerprint density at radius 2 is 1.90 bits per heavy atom. The minimum absolute atomic E-state index is 0.126. The number of carbonyl (C=O) groups is 2. The van der Waals surface area contributed by atoms with Gasteiger partial charge in [-0.3, -0.25) is 9.59 Å². The summed E-state index contributed by atoms with van der Waals surface area (Å²) in [5.74, 6) is -0.255. The number of hydrogen-bond acceptors (Lipinski definition) is 3. The summed E-state index contributed by atoms with van der Waals surface area (Å²) >= 11 is 0. The first-order chi connectivity index (χ1) is 9.90. The zero-order valence-corrected chi connectivity index (χ0v) is 13.2. The van der Waals surface area contributed by atoms with E-state index in [-0.39, 0.29) is 11.8 Å². The molecule has 3 N–H and O–H groups in total. The lowest BCUT2D eigenvalue weighted by Crippen LogP contribution is -2.49. The molecule has 0 atom stereocenters. The Morgan fingerprint density at radius 1 is 1.19 bits per heavy atom. The van der Waals surface area contributed by atoms with Gasteiger partial charge >= 0.3 is 0 Å². The van der Waals surface area contributed by atoms with E-state index in [4.69, 9.17) is 0 Å². The molecule has 21 heavy (non-hydrogen) atoms. The Kier molecular flexibility index (Phi) is 6.37. The van der Waals surface area contributed by atoms with Crippen molar-refractivity contribution in [3.63, 3.8) is 0 Å². The second kappa shape index (κ2) is 7.78. The summed E-state index contributed by atoms with van der Waals surface area (Å²) in [6, 6.07) is 6.95. The highest BCUT2D eigenvalue weighted by molar-refractivity contribution is 5.99. The van der Waals surface area contributed by atoms with Crippen LogP contribution in [0.25, 0.3) is 0 Å². The highest BCUT2D eigenvalue weighted by Gasteiger charge is 2.26. The first-order valence-electron chi connectivity index (χ1n) is 7.35. The fourth-order valence-corrected chi connectivity index (χ4v) is 1.89. The van der Waals surface area contributed by atoms with Crippen LogP contribution in [-0.4, -0.2) is 30.4 Å². The zero-order valence-electron chi connectivity index (χ0n) is 13.2. The number of anilines is 1. The first kappa shape index (κ1) is 17.2. The number of amides is 2. The number of hydrogen-bond donors (Lipinski definition) is 3. The van der Waals surface area contributed by atoms with E-state index in [1.165, 1.54) is 0 Å². The number of likely N-dealkylation sites (N-methyl/N-ethyl adjacent to an activating group) is 1. The quantitative estimate of drug-likeness (QED) is 0.721. The van der Waals surface area contributed by atoms with Crippen LogP contribution in [-0.2, 0) is 4.79 Å². The van der Waals surface area contributed by atoms with E-state index in [0.29, 0.717) is 24.3 Å². The van der Waals surface area contributed by atoms with Gasteiger partial charge in [-0.05, 0) is 45.0 Å². The maximum atomic E-state index is 12.2. The smallest absolute Gasteiger partial charge is 0.251 e. The lowest BCUT2D eigenvalue weighted by molar-refractivity contribution is -0.121. The Balaban J connectivity index is 2.77. The molecule has 5 heteroatoms. The van der Waals surface area contributed by atoms with Crippen molar-refractivity contribution in [2.24, 2.45) is 0 Å². The molecule has 0 aliphatic rings. The summed E-state index contributed by atoms with van der Waals surface area (Å²) < 4.78 is 0. The summed E-state index contributed by atoms with van der Waals surface area (Å²) in [6.45, 7) is 8.95. The predicted molar refractivity (Wildman–Crippen MR) is 85.5 cm³/mol. The largest absolute Gasteiger partial charge is 0.352 e. The van der Waals surface area contributed by atoms with Gasteiger partial charge in [-0.2, -0.15) is 0 Å². The number of rotatable bonds is 7. The van der Waals surface area contributed by atoms with E-state index >= 15 is 0 Å². The Hall–Kier alpha value is -1.88. The molecule has 0 fully saturated rings. The summed E-state index contributed by atoms with van der Waals surface area (Å²) in [5.41, 5.74) is 0.507. The van der Waals surface area contributed by atoms with Gasteiger partial charge in [-0.25, -0.2) is 0 Å². The van der Waals surface area contributed by atoms with Gasteiger partial charge < -0.3 is 16.0 Å². The molecule has 0 spiro atoms. The molecule has 0 aliphatic heterocycles. The van der Waals surface area contributed by atoms with Crippen LogP contribution in [0.3, 0.4) is 0 Å². The molecule has 0 saturated heterocycles. The molecule has 1 aromatic carbocycles. The zero-order chi connectivity index (χ0) is 15.9. The van der Waals surface area contributed by atoms with Gasteiger partial charge in [0, 0.05) is 17.8 Å². The van der Waals surface area contributed by atoms with Crippen molar-refractivity contribution < 1.29 is 9.59 Å². The summed E-state index contributed by atoms with van der Waals surface area (Å²) in [7, 11) is 0. The Bertz CT molecular complexity index is 498. The van der Waals surface area contributed by atoms with Crippen molar-refractivity contribution >= 4 is 17.5 Å². The molecule has 5 nitrogen and oxygen atoms in total. The van der Waals surface area contributed by atoms with Crippen LogP contribution < -0.4 is 16.0 Å². The number of benzene rings is 1. The lowest BCUT2D eigenvalue weighted by Gasteiger charge is -2.24. The monoisotopic (exact) mass is 291 g/mol. The molecule has 0 aromatic heterocycles. The normalized spacial score (nSPS) is 11.0. The maximum absolute atomic E-state index is 12.2. The van der Waals surface area contributed by atoms with E-state index < -0.39 is 5.54 Å². The van der Waals surface area contributed by atoms with Crippen LogP contribution in [0.4, 0.5) is 5.69 Å². The van der Waals surface area contributed by atoms with Crippen LogP contribution >= 0.6 is 0 Å². The van der Waals surface area contributed by atoms with Gasteiger partial charge in [0.2, 0.25) is 5.91 Å². The average Bonchev–Trinajstić information content (AvgIpc) is 2.45. The molecule has 0 saturated carbocycles. The third-order valence-electron chi connectivity index (χ3n) is 3.10. The predicted octanol–water partition coefficient (Wildman–Crippen LogP) is 2.15. The van der Waals surface area contributed by atoms with Crippen molar-refractivity contribution in [3.05, 3.63) is 29.8 Å². The Labute approximate surface area is 126 Å². The van der Waals surface area contributed by atoms with Gasteiger partial charge in [0.05, 0.1) is 5.54 Å². The lowest BCUT2D eigenvalue weighted by atomic mass is 10.0. The van der Waals surface area contributed by atoms with Gasteiger partial charge in [0.25, 0.3) is 5.91 Å². The molecule has 0 radical (unpaired) electrons. The molecule has 0 heterocycles. The van der Waals surface area contributed by atoms with E-state index in [0.717, 1.165) is 6.42 Å². The molecule has 0 aliphatic carbocycles. The average molecular weight is 291 g/mol. The first-order valence-corrected chi connectivity index (χ1v) is 7.35. The van der Waals surface area contributed by atoms with Crippen LogP contribution in [0, 0.1) is 0 Å². The molecule has 0 unspecified atom stereocenters. The second-order valence-electron chi connectivity index (χ2n) is 5.45. The third-order valence-corrected chi connectivity index (χ3v) is 3.10. The highest BCUT2D eigenvalue weighted by Crippen LogP contribution is 2.13. The molecule has 2 amide bonds. The van der Waals surface area contributed by atoms with Crippen molar-refractivity contribution in [1.29, 1.82) is 0 Å². The van der Waals surface area contributed by atoms with Gasteiger partial charge in [-0.15, -0.1) is 0 Å². The summed E-state index contributed by atoms with van der Waals surface area (Å²) in [4.78, 5) is 24.1. The summed E-state index contributed by atoms with van der Waals surface area (Å²) in [5, 5.41) is 8.77. The van der Waals surface area contributed by atoms with Crippen molar-refractivity contribution in [1.82, 2.24) is 10.6 Å². The molecule has 0 bridgehead atoms. The Morgan fingerprint density at radius 3 is 2.52 bits per heavy atom. The molecule has 1 aromatic rings. The minimum Gasteiger partial charge on any atom is -0.352 e. The van der Waals surface area contributed by atoms with Crippen LogP contribution in [0.1, 0.15) is 44.5 Å². The molecular weight excluding hydrogens is 266 g/mol. The van der Waals surface area contributed by atoms with Crippen LogP contribution in [0.2, 0.25) is 0 Å². The minimum atomic E-state index is -0.658. The SMILES string of the molecule is CCCNC(=O)c1cccc(NC(=O)C(C)(C)NCC)c1. The molecule has 1 rings (SSSR count). The van der Waals surface area contributed by atoms with E-state index in [9.17, 15) is 9.59 Å². The number of nitrogens with one attached hydrogen (secondary N) is 3.